The van der Waals surface area contributed by atoms with E-state index >= 15 is 0 Å². The lowest BCUT2D eigenvalue weighted by atomic mass is 10.0. The molecular formula is C16H14ClF2NO4S. The Balaban J connectivity index is 2.74. The van der Waals surface area contributed by atoms with Crippen molar-refractivity contribution in [3.05, 3.63) is 57.6 Å². The Morgan fingerprint density at radius 2 is 1.92 bits per heavy atom. The van der Waals surface area contributed by atoms with Gasteiger partial charge in [-0.2, -0.15) is 0 Å². The van der Waals surface area contributed by atoms with Crippen molar-refractivity contribution in [3.8, 4) is 5.75 Å². The number of hydrogen-bond donors (Lipinski definition) is 1. The van der Waals surface area contributed by atoms with E-state index in [9.17, 15) is 22.0 Å². The highest BCUT2D eigenvalue weighted by Crippen LogP contribution is 2.31. The Morgan fingerprint density at radius 1 is 1.28 bits per heavy atom. The highest BCUT2D eigenvalue weighted by atomic mass is 35.5. The molecule has 0 saturated heterocycles. The maximum Gasteiger partial charge on any atom is 0.251 e. The number of amides is 1. The second-order valence-electron chi connectivity index (χ2n) is 5.30. The smallest absolute Gasteiger partial charge is 0.251 e. The van der Waals surface area contributed by atoms with Gasteiger partial charge in [-0.3, -0.25) is 4.79 Å². The van der Waals surface area contributed by atoms with Gasteiger partial charge in [-0.25, -0.2) is 17.2 Å². The first-order chi connectivity index (χ1) is 11.6. The first-order valence-corrected chi connectivity index (χ1v) is 9.16. The molecule has 0 saturated carbocycles. The molecule has 134 valence electrons. The summed E-state index contributed by atoms with van der Waals surface area (Å²) in [5.74, 6) is -3.42. The van der Waals surface area contributed by atoms with Gasteiger partial charge in [-0.15, -0.1) is 0 Å². The second-order valence-corrected chi connectivity index (χ2v) is 7.69. The van der Waals surface area contributed by atoms with E-state index in [1.54, 1.807) is 0 Å². The van der Waals surface area contributed by atoms with Crippen LogP contribution in [0.5, 0.6) is 5.75 Å². The van der Waals surface area contributed by atoms with Crippen LogP contribution < -0.4 is 10.5 Å². The molecule has 1 amide bonds. The van der Waals surface area contributed by atoms with E-state index in [-0.39, 0.29) is 12.2 Å². The van der Waals surface area contributed by atoms with Crippen LogP contribution in [0.1, 0.15) is 21.5 Å². The fraction of sp³-hybridized carbons (Fsp3) is 0.188. The Kier molecular flexibility index (Phi) is 5.34. The van der Waals surface area contributed by atoms with Crippen molar-refractivity contribution in [3.63, 3.8) is 0 Å². The van der Waals surface area contributed by atoms with Crippen LogP contribution in [0.4, 0.5) is 8.78 Å². The number of ether oxygens (including phenoxy) is 1. The summed E-state index contributed by atoms with van der Waals surface area (Å²) in [4.78, 5) is 10.3. The minimum absolute atomic E-state index is 0.283. The molecule has 0 heterocycles. The van der Waals surface area contributed by atoms with E-state index in [1.165, 1.54) is 25.3 Å². The Morgan fingerprint density at radius 3 is 2.44 bits per heavy atom. The molecule has 2 N–H and O–H groups in total. The lowest BCUT2D eigenvalue weighted by Gasteiger charge is -2.15. The molecule has 0 unspecified atom stereocenters. The van der Waals surface area contributed by atoms with E-state index in [0.29, 0.717) is 16.7 Å². The molecule has 2 aromatic carbocycles. The van der Waals surface area contributed by atoms with Gasteiger partial charge in [0, 0.05) is 23.3 Å². The molecule has 0 aliphatic heterocycles. The van der Waals surface area contributed by atoms with Crippen LogP contribution in [0.2, 0.25) is 5.02 Å². The number of hydrogen-bond acceptors (Lipinski definition) is 4. The number of methoxy groups -OCH3 is 1. The number of sulfone groups is 1. The molecular weight excluding hydrogens is 376 g/mol. The largest absolute Gasteiger partial charge is 0.496 e. The number of nitrogens with two attached hydrogens (primary N) is 1. The first kappa shape index (κ1) is 19.1. The van der Waals surface area contributed by atoms with Crippen LogP contribution in [0.25, 0.3) is 0 Å². The number of halogens is 3. The quantitative estimate of drug-likeness (QED) is 0.851. The second kappa shape index (κ2) is 6.97. The fourth-order valence-corrected chi connectivity index (χ4v) is 3.64. The third-order valence-electron chi connectivity index (χ3n) is 3.52. The summed E-state index contributed by atoms with van der Waals surface area (Å²) in [6, 6.07) is 5.06. The lowest BCUT2D eigenvalue weighted by Crippen LogP contribution is -2.18. The van der Waals surface area contributed by atoms with E-state index < -0.39 is 43.4 Å². The number of primary amides is 1. The van der Waals surface area contributed by atoms with Gasteiger partial charge in [0.05, 0.1) is 12.7 Å². The molecule has 2 aromatic rings. The summed E-state index contributed by atoms with van der Waals surface area (Å²) in [6.07, 6.45) is 0.433. The molecule has 5 nitrogen and oxygen atoms in total. The molecule has 0 radical (unpaired) electrons. The van der Waals surface area contributed by atoms with Crippen molar-refractivity contribution in [1.29, 1.82) is 0 Å². The topological polar surface area (TPSA) is 86.5 Å². The summed E-state index contributed by atoms with van der Waals surface area (Å²) in [5.41, 5.74) is 4.12. The van der Waals surface area contributed by atoms with E-state index in [2.05, 4.69) is 0 Å². The van der Waals surface area contributed by atoms with Gasteiger partial charge in [0.1, 0.15) is 16.5 Å². The van der Waals surface area contributed by atoms with Gasteiger partial charge in [0.2, 0.25) is 0 Å². The van der Waals surface area contributed by atoms with Gasteiger partial charge < -0.3 is 10.5 Å². The maximum atomic E-state index is 14.5. The number of rotatable bonds is 5. The number of benzene rings is 2. The molecule has 9 heteroatoms. The predicted molar refractivity (Wildman–Crippen MR) is 88.8 cm³/mol. The van der Waals surface area contributed by atoms with Gasteiger partial charge in [-0.05, 0) is 23.8 Å². The van der Waals surface area contributed by atoms with E-state index in [1.807, 2.05) is 0 Å². The summed E-state index contributed by atoms with van der Waals surface area (Å²) in [5, 5.41) is 0.361. The minimum Gasteiger partial charge on any atom is -0.496 e. The molecule has 2 rings (SSSR count). The van der Waals surface area contributed by atoms with Crippen LogP contribution >= 0.6 is 11.6 Å². The van der Waals surface area contributed by atoms with E-state index in [0.717, 1.165) is 6.26 Å². The third kappa shape index (κ3) is 3.91. The fourth-order valence-electron chi connectivity index (χ4n) is 2.43. The molecule has 0 aliphatic rings. The van der Waals surface area contributed by atoms with Gasteiger partial charge >= 0.3 is 0 Å². The molecule has 0 fully saturated rings. The minimum atomic E-state index is -4.18. The van der Waals surface area contributed by atoms with Crippen molar-refractivity contribution in [2.45, 2.75) is 11.3 Å². The zero-order chi connectivity index (χ0) is 18.9. The standard InChI is InChI=1S/C16H14ClF2NO4S/c1-24-13-6-9(17)4-3-8(13)5-10-12(18)7-11(16(20)21)14(19)15(10)25(2,22)23/h3-4,6-7H,5H2,1-2H3,(H2,20,21). The number of carbonyl (C=O) groups excluding carboxylic acids is 1. The monoisotopic (exact) mass is 389 g/mol. The van der Waals surface area contributed by atoms with Crippen LogP contribution in [0, 0.1) is 11.6 Å². The van der Waals surface area contributed by atoms with Gasteiger partial charge in [-0.1, -0.05) is 17.7 Å². The predicted octanol–water partition coefficient (Wildman–Crippen LogP) is 2.72. The zero-order valence-electron chi connectivity index (χ0n) is 13.3. The van der Waals surface area contributed by atoms with Crippen LogP contribution in [-0.4, -0.2) is 27.7 Å². The van der Waals surface area contributed by atoms with Crippen molar-refractivity contribution >= 4 is 27.3 Å². The highest BCUT2D eigenvalue weighted by molar-refractivity contribution is 7.90. The van der Waals surface area contributed by atoms with Crippen molar-refractivity contribution in [2.75, 3.05) is 13.4 Å². The Labute approximate surface area is 148 Å². The molecule has 0 bridgehead atoms. The molecule has 0 aromatic heterocycles. The SMILES string of the molecule is COc1cc(Cl)ccc1Cc1c(F)cc(C(N)=O)c(F)c1S(C)(=O)=O. The average Bonchev–Trinajstić information content (AvgIpc) is 2.50. The molecule has 25 heavy (non-hydrogen) atoms. The van der Waals surface area contributed by atoms with Gasteiger partial charge in [0.15, 0.2) is 15.7 Å². The normalized spacial score (nSPS) is 11.4. The molecule has 0 atom stereocenters. The third-order valence-corrected chi connectivity index (χ3v) is 4.92. The summed E-state index contributed by atoms with van der Waals surface area (Å²) in [6.45, 7) is 0. The average molecular weight is 390 g/mol. The summed E-state index contributed by atoms with van der Waals surface area (Å²) < 4.78 is 58.1. The zero-order valence-corrected chi connectivity index (χ0v) is 14.8. The summed E-state index contributed by atoms with van der Waals surface area (Å²) >= 11 is 5.85. The summed E-state index contributed by atoms with van der Waals surface area (Å²) in [7, 11) is -2.82. The highest BCUT2D eigenvalue weighted by Gasteiger charge is 2.28. The van der Waals surface area contributed by atoms with Crippen LogP contribution in [0.15, 0.2) is 29.2 Å². The van der Waals surface area contributed by atoms with E-state index in [4.69, 9.17) is 22.1 Å². The van der Waals surface area contributed by atoms with Crippen molar-refractivity contribution in [2.24, 2.45) is 5.73 Å². The van der Waals surface area contributed by atoms with Crippen LogP contribution in [0.3, 0.4) is 0 Å². The molecule has 0 aliphatic carbocycles. The number of carbonyl (C=O) groups is 1. The Bertz CT molecular complexity index is 961. The first-order valence-electron chi connectivity index (χ1n) is 6.89. The maximum absolute atomic E-state index is 14.5. The lowest BCUT2D eigenvalue weighted by molar-refractivity contribution is 0.0995. The molecule has 0 spiro atoms. The van der Waals surface area contributed by atoms with Gasteiger partial charge in [0.25, 0.3) is 5.91 Å². The van der Waals surface area contributed by atoms with Crippen molar-refractivity contribution in [1.82, 2.24) is 0 Å². The van der Waals surface area contributed by atoms with Crippen LogP contribution in [-0.2, 0) is 16.3 Å². The van der Waals surface area contributed by atoms with Crippen molar-refractivity contribution < 1.29 is 26.7 Å². The Hall–Kier alpha value is -2.19.